The quantitative estimate of drug-likeness (QED) is 0.825. The molecule has 0 aliphatic carbocycles. The third-order valence-electron chi connectivity index (χ3n) is 2.73. The molecular weight excluding hydrogens is 320 g/mol. The van der Waals surface area contributed by atoms with E-state index in [4.69, 9.17) is 28.6 Å². The van der Waals surface area contributed by atoms with E-state index in [0.29, 0.717) is 17.3 Å². The van der Waals surface area contributed by atoms with Gasteiger partial charge in [-0.3, -0.25) is 4.79 Å². The van der Waals surface area contributed by atoms with Gasteiger partial charge in [-0.15, -0.1) is 0 Å². The maximum absolute atomic E-state index is 11.7. The highest BCUT2D eigenvalue weighted by Gasteiger charge is 2.05. The van der Waals surface area contributed by atoms with Crippen molar-refractivity contribution in [1.82, 2.24) is 10.6 Å². The average molecular weight is 335 g/mol. The molecule has 0 atom stereocenters. The van der Waals surface area contributed by atoms with Crippen molar-refractivity contribution in [2.24, 2.45) is 0 Å². The molecule has 0 unspecified atom stereocenters. The maximum Gasteiger partial charge on any atom is 0.264 e. The van der Waals surface area contributed by atoms with E-state index in [0.717, 1.165) is 5.56 Å². The molecule has 0 fully saturated rings. The molecule has 0 spiro atoms. The lowest BCUT2D eigenvalue weighted by Crippen LogP contribution is -2.41. The minimum atomic E-state index is -0.319. The Labute approximate surface area is 139 Å². The lowest BCUT2D eigenvalue weighted by molar-refractivity contribution is -0.121. The summed E-state index contributed by atoms with van der Waals surface area (Å²) < 4.78 is 5.33. The molecular formula is C16H15ClN2O2S. The monoisotopic (exact) mass is 334 g/mol. The Morgan fingerprint density at radius 1 is 1.09 bits per heavy atom. The summed E-state index contributed by atoms with van der Waals surface area (Å²) in [6.07, 6.45) is 0. The zero-order valence-electron chi connectivity index (χ0n) is 11.7. The summed E-state index contributed by atoms with van der Waals surface area (Å²) in [4.78, 5) is 11.7. The van der Waals surface area contributed by atoms with E-state index in [1.165, 1.54) is 0 Å². The molecule has 0 bridgehead atoms. The second kappa shape index (κ2) is 8.36. The molecule has 0 aliphatic heterocycles. The van der Waals surface area contributed by atoms with E-state index in [1.807, 2.05) is 30.3 Å². The molecule has 0 aromatic heterocycles. The molecule has 0 aliphatic rings. The number of halogens is 1. The highest BCUT2D eigenvalue weighted by Crippen LogP contribution is 2.15. The number of hydrogen-bond donors (Lipinski definition) is 2. The standard InChI is InChI=1S/C16H15ClN2O2S/c17-13-6-8-14(9-7-13)21-11-15(20)19-16(22)18-10-12-4-2-1-3-5-12/h1-9H,10-11H2,(H2,18,19,20,22). The van der Waals surface area contributed by atoms with Gasteiger partial charge in [0.15, 0.2) is 11.7 Å². The summed E-state index contributed by atoms with van der Waals surface area (Å²) in [7, 11) is 0. The molecule has 114 valence electrons. The van der Waals surface area contributed by atoms with Gasteiger partial charge in [0, 0.05) is 11.6 Å². The minimum Gasteiger partial charge on any atom is -0.484 e. The fourth-order valence-corrected chi connectivity index (χ4v) is 1.98. The van der Waals surface area contributed by atoms with Crippen LogP contribution in [0.4, 0.5) is 0 Å². The van der Waals surface area contributed by atoms with Crippen molar-refractivity contribution in [3.05, 3.63) is 65.2 Å². The summed E-state index contributed by atoms with van der Waals surface area (Å²) in [5.74, 6) is 0.253. The van der Waals surface area contributed by atoms with Crippen LogP contribution >= 0.6 is 23.8 Å². The van der Waals surface area contributed by atoms with Gasteiger partial charge in [0.05, 0.1) is 0 Å². The summed E-state index contributed by atoms with van der Waals surface area (Å²) in [6.45, 7) is 0.437. The molecule has 1 amide bonds. The van der Waals surface area contributed by atoms with Crippen LogP contribution < -0.4 is 15.4 Å². The molecule has 2 N–H and O–H groups in total. The molecule has 6 heteroatoms. The average Bonchev–Trinajstić information content (AvgIpc) is 2.53. The number of carbonyl (C=O) groups excluding carboxylic acids is 1. The van der Waals surface area contributed by atoms with Gasteiger partial charge in [-0.2, -0.15) is 0 Å². The van der Waals surface area contributed by atoms with Gasteiger partial charge in [-0.25, -0.2) is 0 Å². The van der Waals surface area contributed by atoms with Crippen LogP contribution in [0.25, 0.3) is 0 Å². The zero-order chi connectivity index (χ0) is 15.8. The van der Waals surface area contributed by atoms with Gasteiger partial charge >= 0.3 is 0 Å². The Bertz CT molecular complexity index is 632. The Morgan fingerprint density at radius 3 is 2.45 bits per heavy atom. The molecule has 22 heavy (non-hydrogen) atoms. The van der Waals surface area contributed by atoms with Crippen LogP contribution in [0.5, 0.6) is 5.75 Å². The first kappa shape index (κ1) is 16.3. The maximum atomic E-state index is 11.7. The highest BCUT2D eigenvalue weighted by atomic mass is 35.5. The fourth-order valence-electron chi connectivity index (χ4n) is 1.66. The third-order valence-corrected chi connectivity index (χ3v) is 3.23. The minimum absolute atomic E-state index is 0.116. The van der Waals surface area contributed by atoms with Gasteiger partial charge in [-0.05, 0) is 42.0 Å². The van der Waals surface area contributed by atoms with Crippen molar-refractivity contribution >= 4 is 34.8 Å². The number of ether oxygens (including phenoxy) is 1. The van der Waals surface area contributed by atoms with Crippen LogP contribution in [0.2, 0.25) is 5.02 Å². The van der Waals surface area contributed by atoms with Crippen LogP contribution in [0, 0.1) is 0 Å². The van der Waals surface area contributed by atoms with E-state index >= 15 is 0 Å². The first-order valence-electron chi connectivity index (χ1n) is 6.63. The van der Waals surface area contributed by atoms with Crippen molar-refractivity contribution in [3.8, 4) is 5.75 Å². The molecule has 0 radical (unpaired) electrons. The van der Waals surface area contributed by atoms with E-state index in [2.05, 4.69) is 10.6 Å². The number of carbonyl (C=O) groups is 1. The molecule has 2 rings (SSSR count). The van der Waals surface area contributed by atoms with Crippen molar-refractivity contribution in [1.29, 1.82) is 0 Å². The van der Waals surface area contributed by atoms with Crippen LogP contribution in [0.15, 0.2) is 54.6 Å². The Kier molecular flexibility index (Phi) is 6.18. The number of rotatable bonds is 5. The normalized spacial score (nSPS) is 9.86. The Balaban J connectivity index is 1.70. The fraction of sp³-hybridized carbons (Fsp3) is 0.125. The number of amides is 1. The van der Waals surface area contributed by atoms with Gasteiger partial charge in [0.1, 0.15) is 5.75 Å². The van der Waals surface area contributed by atoms with E-state index in [1.54, 1.807) is 24.3 Å². The molecule has 2 aromatic carbocycles. The summed E-state index contributed by atoms with van der Waals surface area (Å²) in [5.41, 5.74) is 1.08. The number of benzene rings is 2. The van der Waals surface area contributed by atoms with Gasteiger partial charge in [0.25, 0.3) is 5.91 Å². The van der Waals surface area contributed by atoms with Crippen molar-refractivity contribution < 1.29 is 9.53 Å². The van der Waals surface area contributed by atoms with Crippen molar-refractivity contribution in [2.75, 3.05) is 6.61 Å². The van der Waals surface area contributed by atoms with E-state index < -0.39 is 0 Å². The number of hydrogen-bond acceptors (Lipinski definition) is 3. The Morgan fingerprint density at radius 2 is 1.77 bits per heavy atom. The van der Waals surface area contributed by atoms with E-state index in [9.17, 15) is 4.79 Å². The third kappa shape index (κ3) is 5.71. The second-order valence-corrected chi connectivity index (χ2v) is 5.30. The predicted molar refractivity (Wildman–Crippen MR) is 91.0 cm³/mol. The highest BCUT2D eigenvalue weighted by molar-refractivity contribution is 7.80. The van der Waals surface area contributed by atoms with Gasteiger partial charge in [-0.1, -0.05) is 41.9 Å². The largest absolute Gasteiger partial charge is 0.484 e. The molecule has 4 nitrogen and oxygen atoms in total. The molecule has 2 aromatic rings. The van der Waals surface area contributed by atoms with Gasteiger partial charge in [0.2, 0.25) is 0 Å². The second-order valence-electron chi connectivity index (χ2n) is 4.46. The van der Waals surface area contributed by atoms with Crippen LogP contribution in [-0.2, 0) is 11.3 Å². The first-order chi connectivity index (χ1) is 10.6. The lowest BCUT2D eigenvalue weighted by atomic mass is 10.2. The van der Waals surface area contributed by atoms with Crippen molar-refractivity contribution in [2.45, 2.75) is 6.54 Å². The van der Waals surface area contributed by atoms with Crippen LogP contribution in [0.3, 0.4) is 0 Å². The topological polar surface area (TPSA) is 50.4 Å². The predicted octanol–water partition coefficient (Wildman–Crippen LogP) is 2.91. The van der Waals surface area contributed by atoms with Gasteiger partial charge < -0.3 is 15.4 Å². The summed E-state index contributed by atoms with van der Waals surface area (Å²) in [5, 5.41) is 6.41. The van der Waals surface area contributed by atoms with Crippen molar-refractivity contribution in [3.63, 3.8) is 0 Å². The summed E-state index contributed by atoms with van der Waals surface area (Å²) in [6, 6.07) is 16.6. The molecule has 0 saturated heterocycles. The zero-order valence-corrected chi connectivity index (χ0v) is 13.3. The molecule has 0 heterocycles. The number of thiocarbonyl (C=S) groups is 1. The first-order valence-corrected chi connectivity index (χ1v) is 7.42. The SMILES string of the molecule is O=C(COc1ccc(Cl)cc1)NC(=S)NCc1ccccc1. The number of nitrogens with one attached hydrogen (secondary N) is 2. The molecule has 0 saturated carbocycles. The van der Waals surface area contributed by atoms with Crippen LogP contribution in [0.1, 0.15) is 5.56 Å². The Hall–Kier alpha value is -2.11. The van der Waals surface area contributed by atoms with E-state index in [-0.39, 0.29) is 17.6 Å². The lowest BCUT2D eigenvalue weighted by Gasteiger charge is -2.10. The summed E-state index contributed by atoms with van der Waals surface area (Å²) >= 11 is 10.8. The van der Waals surface area contributed by atoms with Crippen LogP contribution in [-0.4, -0.2) is 17.6 Å². The smallest absolute Gasteiger partial charge is 0.264 e.